The van der Waals surface area contributed by atoms with E-state index in [1.54, 1.807) is 12.1 Å². The molecule has 0 radical (unpaired) electrons. The maximum atomic E-state index is 12.8. The molecule has 2 aromatic rings. The van der Waals surface area contributed by atoms with E-state index in [0.29, 0.717) is 23.0 Å². The number of benzene rings is 1. The minimum Gasteiger partial charge on any atom is -0.435 e. The van der Waals surface area contributed by atoms with Crippen molar-refractivity contribution in [1.82, 2.24) is 9.97 Å². The monoisotopic (exact) mass is 427 g/mol. The second-order valence-electron chi connectivity index (χ2n) is 8.71. The van der Waals surface area contributed by atoms with E-state index in [2.05, 4.69) is 21.6 Å². The standard InChI is InChI=1S/C24H27F2N3O2/c1-13-19(15-5-3-4-6-15)10-21(23-28-11-16(12-29-23)14(2)30)22(27)18-8-7-17(9-20(13)18)31-24(25)26/h7-9,11-13,15,19,21,24,27H,3-6,10H2,1-2H3. The summed E-state index contributed by atoms with van der Waals surface area (Å²) in [5.74, 6) is 1.15. The molecule has 1 aromatic carbocycles. The molecule has 1 N–H and O–H groups in total. The molecule has 4 rings (SSSR count). The molecule has 1 heterocycles. The fourth-order valence-electron chi connectivity index (χ4n) is 5.27. The van der Waals surface area contributed by atoms with Crippen LogP contribution in [0.15, 0.2) is 30.6 Å². The van der Waals surface area contributed by atoms with Crippen molar-refractivity contribution in [2.75, 3.05) is 0 Å². The number of nitrogens with one attached hydrogen (secondary N) is 1. The number of halogens is 2. The number of rotatable bonds is 5. The van der Waals surface area contributed by atoms with Crippen molar-refractivity contribution in [2.24, 2.45) is 11.8 Å². The quantitative estimate of drug-likeness (QED) is 0.487. The molecule has 5 nitrogen and oxygen atoms in total. The molecule has 1 fully saturated rings. The lowest BCUT2D eigenvalue weighted by Gasteiger charge is -2.30. The third kappa shape index (κ3) is 4.36. The molecule has 2 aliphatic carbocycles. The number of fused-ring (bicyclic) bond motifs is 1. The number of aromatic nitrogens is 2. The van der Waals surface area contributed by atoms with E-state index in [-0.39, 0.29) is 29.3 Å². The summed E-state index contributed by atoms with van der Waals surface area (Å²) in [6.45, 7) is 0.716. The van der Waals surface area contributed by atoms with Crippen LogP contribution in [0.3, 0.4) is 0 Å². The van der Waals surface area contributed by atoms with Crippen LogP contribution >= 0.6 is 0 Å². The molecular weight excluding hydrogens is 400 g/mol. The van der Waals surface area contributed by atoms with Crippen molar-refractivity contribution in [3.8, 4) is 5.75 Å². The van der Waals surface area contributed by atoms with E-state index < -0.39 is 6.61 Å². The topological polar surface area (TPSA) is 75.9 Å². The van der Waals surface area contributed by atoms with Gasteiger partial charge in [0.1, 0.15) is 11.6 Å². The zero-order valence-corrected chi connectivity index (χ0v) is 17.8. The van der Waals surface area contributed by atoms with Crippen molar-refractivity contribution in [1.29, 1.82) is 5.41 Å². The maximum absolute atomic E-state index is 12.8. The summed E-state index contributed by atoms with van der Waals surface area (Å²) in [6.07, 6.45) is 8.45. The first-order chi connectivity index (χ1) is 14.8. The molecule has 2 aliphatic rings. The summed E-state index contributed by atoms with van der Waals surface area (Å²) in [7, 11) is 0. The summed E-state index contributed by atoms with van der Waals surface area (Å²) in [6, 6.07) is 4.88. The highest BCUT2D eigenvalue weighted by molar-refractivity contribution is 6.04. The van der Waals surface area contributed by atoms with Crippen LogP contribution in [0.5, 0.6) is 5.75 Å². The number of carbonyl (C=O) groups is 1. The van der Waals surface area contributed by atoms with E-state index >= 15 is 0 Å². The molecule has 1 saturated carbocycles. The van der Waals surface area contributed by atoms with Crippen LogP contribution in [-0.4, -0.2) is 28.1 Å². The van der Waals surface area contributed by atoms with Gasteiger partial charge >= 0.3 is 6.61 Å². The van der Waals surface area contributed by atoms with Gasteiger partial charge in [0.25, 0.3) is 0 Å². The van der Waals surface area contributed by atoms with Gasteiger partial charge in [-0.25, -0.2) is 9.97 Å². The zero-order chi connectivity index (χ0) is 22.1. The third-order valence-corrected chi connectivity index (χ3v) is 6.92. The lowest BCUT2D eigenvalue weighted by molar-refractivity contribution is -0.0499. The smallest absolute Gasteiger partial charge is 0.387 e. The Balaban J connectivity index is 1.77. The lowest BCUT2D eigenvalue weighted by atomic mass is 9.75. The predicted molar refractivity (Wildman–Crippen MR) is 113 cm³/mol. The number of hydrogen-bond donors (Lipinski definition) is 1. The first-order valence-corrected chi connectivity index (χ1v) is 10.9. The Hall–Kier alpha value is -2.70. The van der Waals surface area contributed by atoms with E-state index in [1.807, 2.05) is 0 Å². The van der Waals surface area contributed by atoms with Crippen molar-refractivity contribution < 1.29 is 18.3 Å². The number of hydrogen-bond acceptors (Lipinski definition) is 5. The molecule has 164 valence electrons. The molecular formula is C24H27F2N3O2. The molecule has 3 atom stereocenters. The van der Waals surface area contributed by atoms with E-state index in [0.717, 1.165) is 30.4 Å². The van der Waals surface area contributed by atoms with Crippen LogP contribution in [0.25, 0.3) is 0 Å². The number of carbonyl (C=O) groups excluding carboxylic acids is 1. The molecule has 0 bridgehead atoms. The van der Waals surface area contributed by atoms with Gasteiger partial charge in [-0.05, 0) is 60.4 Å². The Morgan fingerprint density at radius 3 is 2.48 bits per heavy atom. The Kier molecular flexibility index (Phi) is 6.12. The summed E-state index contributed by atoms with van der Waals surface area (Å²) in [4.78, 5) is 20.5. The molecule has 1 aromatic heterocycles. The predicted octanol–water partition coefficient (Wildman–Crippen LogP) is 5.75. The number of ether oxygens (including phenoxy) is 1. The SMILES string of the molecule is CC(=O)c1cnc(C2CC(C3CCCC3)C(C)c3cc(OC(F)F)ccc3C2=N)nc1. The molecule has 7 heteroatoms. The molecule has 0 amide bonds. The van der Waals surface area contributed by atoms with E-state index in [1.165, 1.54) is 38.2 Å². The van der Waals surface area contributed by atoms with Gasteiger partial charge in [-0.15, -0.1) is 0 Å². The zero-order valence-electron chi connectivity index (χ0n) is 17.8. The molecule has 3 unspecified atom stereocenters. The second kappa shape index (κ2) is 8.81. The van der Waals surface area contributed by atoms with Gasteiger partial charge in [0.2, 0.25) is 0 Å². The van der Waals surface area contributed by atoms with Gasteiger partial charge in [-0.2, -0.15) is 8.78 Å². The Morgan fingerprint density at radius 1 is 1.19 bits per heavy atom. The molecule has 0 spiro atoms. The van der Waals surface area contributed by atoms with Gasteiger partial charge in [0.05, 0.1) is 11.5 Å². The Morgan fingerprint density at radius 2 is 1.87 bits per heavy atom. The third-order valence-electron chi connectivity index (χ3n) is 6.92. The number of Topliss-reactive ketones (excluding diaryl/α,β-unsaturated/α-hetero) is 1. The minimum atomic E-state index is -2.88. The van der Waals surface area contributed by atoms with Gasteiger partial charge < -0.3 is 10.1 Å². The summed E-state index contributed by atoms with van der Waals surface area (Å²) in [5, 5.41) is 8.97. The van der Waals surface area contributed by atoms with Crippen molar-refractivity contribution in [2.45, 2.75) is 64.4 Å². The van der Waals surface area contributed by atoms with Crippen LogP contribution in [0.2, 0.25) is 0 Å². The van der Waals surface area contributed by atoms with Gasteiger partial charge in [0, 0.05) is 18.1 Å². The molecule has 0 saturated heterocycles. The highest BCUT2D eigenvalue weighted by Gasteiger charge is 2.39. The van der Waals surface area contributed by atoms with Crippen molar-refractivity contribution in [3.63, 3.8) is 0 Å². The normalized spacial score (nSPS) is 24.2. The van der Waals surface area contributed by atoms with Crippen LogP contribution in [0.4, 0.5) is 8.78 Å². The summed E-state index contributed by atoms with van der Waals surface area (Å²) < 4.78 is 30.2. The first-order valence-electron chi connectivity index (χ1n) is 10.9. The van der Waals surface area contributed by atoms with Gasteiger partial charge in [0.15, 0.2) is 5.78 Å². The van der Waals surface area contributed by atoms with Crippen LogP contribution in [-0.2, 0) is 0 Å². The average molecular weight is 427 g/mol. The van der Waals surface area contributed by atoms with Crippen LogP contribution < -0.4 is 4.74 Å². The first kappa shape index (κ1) is 21.5. The summed E-state index contributed by atoms with van der Waals surface area (Å²) >= 11 is 0. The van der Waals surface area contributed by atoms with Gasteiger partial charge in [-0.1, -0.05) is 32.6 Å². The number of alkyl halides is 2. The van der Waals surface area contributed by atoms with Crippen molar-refractivity contribution in [3.05, 3.63) is 53.1 Å². The summed E-state index contributed by atoms with van der Waals surface area (Å²) in [5.41, 5.74) is 2.45. The highest BCUT2D eigenvalue weighted by atomic mass is 19.3. The van der Waals surface area contributed by atoms with Crippen molar-refractivity contribution >= 4 is 11.5 Å². The molecule has 0 aliphatic heterocycles. The largest absolute Gasteiger partial charge is 0.435 e. The van der Waals surface area contributed by atoms with E-state index in [9.17, 15) is 13.6 Å². The maximum Gasteiger partial charge on any atom is 0.387 e. The lowest BCUT2D eigenvalue weighted by Crippen LogP contribution is -2.22. The van der Waals surface area contributed by atoms with E-state index in [4.69, 9.17) is 5.41 Å². The molecule has 31 heavy (non-hydrogen) atoms. The Bertz CT molecular complexity index is 971. The van der Waals surface area contributed by atoms with Gasteiger partial charge in [-0.3, -0.25) is 4.79 Å². The average Bonchev–Trinajstić information content (AvgIpc) is 3.24. The van der Waals surface area contributed by atoms with Crippen LogP contribution in [0, 0.1) is 17.2 Å². The number of ketones is 1. The minimum absolute atomic E-state index is 0.0983. The highest BCUT2D eigenvalue weighted by Crippen LogP contribution is 2.48. The fraction of sp³-hybridized carbons (Fsp3) is 0.500. The Labute approximate surface area is 180 Å². The second-order valence-corrected chi connectivity index (χ2v) is 8.71. The number of nitrogens with zero attached hydrogens (tertiary/aromatic N) is 2. The fourth-order valence-corrected chi connectivity index (χ4v) is 5.27. The van der Waals surface area contributed by atoms with Crippen LogP contribution in [0.1, 0.15) is 85.1 Å².